The minimum Gasteiger partial charge on any atom is -0.550 e. The molecule has 0 aliphatic carbocycles. The summed E-state index contributed by atoms with van der Waals surface area (Å²) in [5.74, 6) is -1.12. The van der Waals surface area contributed by atoms with Crippen LogP contribution >= 0.6 is 0 Å². The molecule has 0 fully saturated rings. The van der Waals surface area contributed by atoms with Gasteiger partial charge in [-0.05, 0) is 0 Å². The summed E-state index contributed by atoms with van der Waals surface area (Å²) < 4.78 is 9.72. The van der Waals surface area contributed by atoms with Gasteiger partial charge in [-0.25, -0.2) is 0 Å². The Balaban J connectivity index is 0. The van der Waals surface area contributed by atoms with Crippen molar-refractivity contribution >= 4 is 5.97 Å². The first-order valence-electron chi connectivity index (χ1n) is 3.73. The van der Waals surface area contributed by atoms with Crippen molar-refractivity contribution in [2.75, 3.05) is 33.0 Å². The Hall–Kier alpha value is 0.350. The molecule has 0 saturated carbocycles. The van der Waals surface area contributed by atoms with Crippen molar-refractivity contribution in [3.8, 4) is 0 Å². The monoisotopic (exact) mass is 200 g/mol. The number of hydrogen-bond acceptors (Lipinski definition) is 5. The van der Waals surface area contributed by atoms with Crippen molar-refractivity contribution in [1.29, 1.82) is 0 Å². The fourth-order valence-corrected chi connectivity index (χ4v) is 0.542. The standard InChI is InChI=1S/C7H14O5.Na/c8-2-4-12-6-5-11-3-1-7(9)10;/h8H,1-6H2,(H,9,10);/q;+1/p-1. The van der Waals surface area contributed by atoms with E-state index in [0.29, 0.717) is 13.2 Å². The molecular formula is C7H13NaO5. The van der Waals surface area contributed by atoms with Gasteiger partial charge in [-0.2, -0.15) is 0 Å². The Morgan fingerprint density at radius 1 is 1.15 bits per heavy atom. The van der Waals surface area contributed by atoms with Gasteiger partial charge in [0.2, 0.25) is 0 Å². The zero-order chi connectivity index (χ0) is 9.23. The second-order valence-electron chi connectivity index (χ2n) is 2.07. The van der Waals surface area contributed by atoms with Crippen molar-refractivity contribution in [2.24, 2.45) is 0 Å². The van der Waals surface area contributed by atoms with E-state index in [0.717, 1.165) is 0 Å². The molecule has 0 aromatic heterocycles. The van der Waals surface area contributed by atoms with Crippen molar-refractivity contribution in [3.63, 3.8) is 0 Å². The Bertz CT molecular complexity index is 119. The van der Waals surface area contributed by atoms with E-state index in [2.05, 4.69) is 0 Å². The SMILES string of the molecule is O=C([O-])CCOCCOCCO.[Na+]. The number of carboxylic acids is 1. The summed E-state index contributed by atoms with van der Waals surface area (Å²) in [7, 11) is 0. The zero-order valence-corrected chi connectivity index (χ0v) is 9.82. The van der Waals surface area contributed by atoms with Gasteiger partial charge in [-0.1, -0.05) is 0 Å². The molecule has 0 heterocycles. The van der Waals surface area contributed by atoms with E-state index in [9.17, 15) is 9.90 Å². The Labute approximate surface area is 99.3 Å². The van der Waals surface area contributed by atoms with Crippen LogP contribution < -0.4 is 34.7 Å². The number of rotatable bonds is 8. The van der Waals surface area contributed by atoms with Gasteiger partial charge in [-0.15, -0.1) is 0 Å². The van der Waals surface area contributed by atoms with Gasteiger partial charge in [-0.3, -0.25) is 0 Å². The normalized spacial score (nSPS) is 9.31. The van der Waals surface area contributed by atoms with Crippen molar-refractivity contribution in [3.05, 3.63) is 0 Å². The molecule has 0 saturated heterocycles. The van der Waals surface area contributed by atoms with E-state index in [-0.39, 0.29) is 55.8 Å². The van der Waals surface area contributed by atoms with Crippen LogP contribution in [0.3, 0.4) is 0 Å². The number of carbonyl (C=O) groups is 1. The van der Waals surface area contributed by atoms with Crippen LogP contribution in [0.2, 0.25) is 0 Å². The van der Waals surface area contributed by atoms with E-state index < -0.39 is 5.97 Å². The van der Waals surface area contributed by atoms with E-state index >= 15 is 0 Å². The van der Waals surface area contributed by atoms with Crippen LogP contribution in [0.4, 0.5) is 0 Å². The van der Waals surface area contributed by atoms with Crippen LogP contribution in [0, 0.1) is 0 Å². The molecule has 0 radical (unpaired) electrons. The Morgan fingerprint density at radius 3 is 2.15 bits per heavy atom. The molecule has 0 unspecified atom stereocenters. The van der Waals surface area contributed by atoms with E-state index in [4.69, 9.17) is 14.6 Å². The molecule has 72 valence electrons. The molecule has 0 bridgehead atoms. The van der Waals surface area contributed by atoms with E-state index in [1.54, 1.807) is 0 Å². The molecule has 1 N–H and O–H groups in total. The molecule has 13 heavy (non-hydrogen) atoms. The van der Waals surface area contributed by atoms with Crippen LogP contribution in [0.15, 0.2) is 0 Å². The minimum absolute atomic E-state index is 0. The first kappa shape index (κ1) is 15.8. The van der Waals surface area contributed by atoms with Gasteiger partial charge in [0.15, 0.2) is 0 Å². The van der Waals surface area contributed by atoms with Gasteiger partial charge in [0.25, 0.3) is 0 Å². The molecule has 5 nitrogen and oxygen atoms in total. The molecule has 0 aromatic carbocycles. The summed E-state index contributed by atoms with van der Waals surface area (Å²) >= 11 is 0. The first-order chi connectivity index (χ1) is 5.77. The first-order valence-corrected chi connectivity index (χ1v) is 3.73. The number of carbonyl (C=O) groups excluding carboxylic acids is 1. The van der Waals surface area contributed by atoms with Crippen molar-refractivity contribution in [1.82, 2.24) is 0 Å². The molecule has 0 aromatic rings. The van der Waals surface area contributed by atoms with Crippen LogP contribution in [0.5, 0.6) is 0 Å². The van der Waals surface area contributed by atoms with Crippen molar-refractivity contribution < 1.29 is 54.0 Å². The molecular weight excluding hydrogens is 187 g/mol. The second kappa shape index (κ2) is 12.3. The fourth-order valence-electron chi connectivity index (χ4n) is 0.542. The quantitative estimate of drug-likeness (QED) is 0.314. The number of hydrogen-bond donors (Lipinski definition) is 1. The number of aliphatic hydroxyl groups is 1. The van der Waals surface area contributed by atoms with Gasteiger partial charge in [0.05, 0.1) is 33.0 Å². The Morgan fingerprint density at radius 2 is 1.69 bits per heavy atom. The van der Waals surface area contributed by atoms with Gasteiger partial charge in [0, 0.05) is 12.4 Å². The van der Waals surface area contributed by atoms with Crippen LogP contribution in [-0.4, -0.2) is 44.1 Å². The number of aliphatic carboxylic acids is 1. The van der Waals surface area contributed by atoms with E-state index in [1.807, 2.05) is 0 Å². The van der Waals surface area contributed by atoms with Crippen molar-refractivity contribution in [2.45, 2.75) is 6.42 Å². The van der Waals surface area contributed by atoms with Crippen LogP contribution in [0.1, 0.15) is 6.42 Å². The molecule has 0 spiro atoms. The summed E-state index contributed by atoms with van der Waals surface area (Å²) in [5.41, 5.74) is 0. The molecule has 0 aliphatic heterocycles. The summed E-state index contributed by atoms with van der Waals surface area (Å²) in [6.07, 6.45) is -0.0972. The zero-order valence-electron chi connectivity index (χ0n) is 7.82. The summed E-state index contributed by atoms with van der Waals surface area (Å²) in [6, 6.07) is 0. The number of aliphatic hydroxyl groups excluding tert-OH is 1. The third-order valence-corrected chi connectivity index (χ3v) is 1.06. The third-order valence-electron chi connectivity index (χ3n) is 1.06. The maximum atomic E-state index is 9.88. The molecule has 0 aliphatic rings. The Kier molecular flexibility index (Phi) is 15.0. The summed E-state index contributed by atoms with van der Waals surface area (Å²) in [5, 5.41) is 18.2. The molecule has 0 amide bonds. The van der Waals surface area contributed by atoms with Crippen LogP contribution in [0.25, 0.3) is 0 Å². The minimum atomic E-state index is -1.12. The molecule has 0 atom stereocenters. The maximum Gasteiger partial charge on any atom is 1.00 e. The number of carboxylic acid groups (broad SMARTS) is 1. The predicted octanol–water partition coefficient (Wildman–Crippen LogP) is -4.84. The predicted molar refractivity (Wildman–Crippen MR) is 38.3 cm³/mol. The summed E-state index contributed by atoms with van der Waals surface area (Å²) in [4.78, 5) is 9.88. The average molecular weight is 200 g/mol. The molecule has 6 heteroatoms. The maximum absolute atomic E-state index is 9.88. The average Bonchev–Trinajstić information content (AvgIpc) is 2.02. The van der Waals surface area contributed by atoms with Gasteiger partial charge < -0.3 is 24.5 Å². The smallest absolute Gasteiger partial charge is 0.550 e. The van der Waals surface area contributed by atoms with Gasteiger partial charge >= 0.3 is 29.6 Å². The molecule has 0 rings (SSSR count). The second-order valence-corrected chi connectivity index (χ2v) is 2.07. The summed E-state index contributed by atoms with van der Waals surface area (Å²) in [6.45, 7) is 1.12. The fraction of sp³-hybridized carbons (Fsp3) is 0.857. The van der Waals surface area contributed by atoms with Crippen LogP contribution in [-0.2, 0) is 14.3 Å². The van der Waals surface area contributed by atoms with E-state index in [1.165, 1.54) is 0 Å². The largest absolute Gasteiger partial charge is 1.00 e. The number of ether oxygens (including phenoxy) is 2. The van der Waals surface area contributed by atoms with Gasteiger partial charge in [0.1, 0.15) is 0 Å². The topological polar surface area (TPSA) is 78.8 Å². The third kappa shape index (κ3) is 15.1.